The second-order valence-corrected chi connectivity index (χ2v) is 5.83. The van der Waals surface area contributed by atoms with E-state index in [1.165, 1.54) is 18.4 Å². The van der Waals surface area contributed by atoms with E-state index in [0.29, 0.717) is 12.7 Å². The molecule has 0 amide bonds. The molecule has 2 rings (SSSR count). The summed E-state index contributed by atoms with van der Waals surface area (Å²) in [6, 6.07) is 8.19. The van der Waals surface area contributed by atoms with Gasteiger partial charge < -0.3 is 9.84 Å². The molecule has 2 heteroatoms. The fraction of sp³-hybridized carbons (Fsp3) is 0.647. The molecule has 1 saturated carbocycles. The molecule has 1 fully saturated rings. The van der Waals surface area contributed by atoms with Gasteiger partial charge in [-0.3, -0.25) is 0 Å². The van der Waals surface area contributed by atoms with Crippen LogP contribution in [0.5, 0.6) is 0 Å². The van der Waals surface area contributed by atoms with Gasteiger partial charge in [0.25, 0.3) is 0 Å². The summed E-state index contributed by atoms with van der Waals surface area (Å²) in [5.74, 6) is 0.839. The molecule has 0 aromatic heterocycles. The van der Waals surface area contributed by atoms with Crippen LogP contribution < -0.4 is 0 Å². The van der Waals surface area contributed by atoms with Crippen LogP contribution in [0.1, 0.15) is 56.8 Å². The van der Waals surface area contributed by atoms with Crippen LogP contribution in [0.2, 0.25) is 0 Å². The normalized spacial score (nSPS) is 25.2. The maximum atomic E-state index is 10.1. The lowest BCUT2D eigenvalue weighted by molar-refractivity contribution is -0.0294. The Morgan fingerprint density at radius 2 is 1.79 bits per heavy atom. The van der Waals surface area contributed by atoms with E-state index in [-0.39, 0.29) is 0 Å². The number of benzene rings is 1. The number of rotatable bonds is 5. The van der Waals surface area contributed by atoms with Crippen LogP contribution >= 0.6 is 0 Å². The van der Waals surface area contributed by atoms with Gasteiger partial charge in [-0.1, -0.05) is 38.1 Å². The van der Waals surface area contributed by atoms with E-state index in [4.69, 9.17) is 4.74 Å². The highest BCUT2D eigenvalue weighted by Crippen LogP contribution is 2.26. The Labute approximate surface area is 116 Å². The first-order valence-corrected chi connectivity index (χ1v) is 7.57. The Balaban J connectivity index is 1.78. The molecule has 0 radical (unpaired) electrons. The molecule has 1 aromatic carbocycles. The van der Waals surface area contributed by atoms with Gasteiger partial charge in [-0.25, -0.2) is 0 Å². The maximum Gasteiger partial charge on any atom is 0.102 e. The molecule has 1 unspecified atom stereocenters. The molecule has 1 aromatic rings. The lowest BCUT2D eigenvalue weighted by Gasteiger charge is -2.27. The first-order valence-electron chi connectivity index (χ1n) is 7.57. The van der Waals surface area contributed by atoms with Crippen LogP contribution in [0, 0.1) is 5.92 Å². The third kappa shape index (κ3) is 4.32. The van der Waals surface area contributed by atoms with Crippen LogP contribution in [-0.4, -0.2) is 17.8 Å². The first kappa shape index (κ1) is 14.5. The van der Waals surface area contributed by atoms with Crippen LogP contribution in [0.4, 0.5) is 0 Å². The van der Waals surface area contributed by atoms with Gasteiger partial charge in [-0.05, 0) is 49.1 Å². The number of ether oxygens (including phenoxy) is 1. The number of aliphatic hydroxyl groups excluding tert-OH is 1. The monoisotopic (exact) mass is 262 g/mol. The third-order valence-electron chi connectivity index (χ3n) is 4.23. The fourth-order valence-corrected chi connectivity index (χ4v) is 2.70. The van der Waals surface area contributed by atoms with Crippen LogP contribution in [0.25, 0.3) is 0 Å². The molecule has 106 valence electrons. The number of hydrogen-bond donors (Lipinski definition) is 1. The number of hydrogen-bond acceptors (Lipinski definition) is 2. The first-order chi connectivity index (χ1) is 9.19. The van der Waals surface area contributed by atoms with E-state index in [9.17, 15) is 5.11 Å². The van der Waals surface area contributed by atoms with E-state index in [1.54, 1.807) is 0 Å². The van der Waals surface area contributed by atoms with Crippen molar-refractivity contribution in [1.29, 1.82) is 0 Å². The lowest BCUT2D eigenvalue weighted by atomic mass is 9.89. The third-order valence-corrected chi connectivity index (χ3v) is 4.23. The molecule has 1 aliphatic rings. The summed E-state index contributed by atoms with van der Waals surface area (Å²) in [7, 11) is 0. The lowest BCUT2D eigenvalue weighted by Crippen LogP contribution is -2.22. The highest BCUT2D eigenvalue weighted by molar-refractivity contribution is 5.24. The fourth-order valence-electron chi connectivity index (χ4n) is 2.70. The number of aliphatic hydroxyl groups is 1. The van der Waals surface area contributed by atoms with Crippen molar-refractivity contribution in [2.24, 2.45) is 5.92 Å². The zero-order valence-corrected chi connectivity index (χ0v) is 12.1. The second-order valence-electron chi connectivity index (χ2n) is 5.83. The summed E-state index contributed by atoms with van der Waals surface area (Å²) in [4.78, 5) is 0. The molecule has 1 atom stereocenters. The predicted molar refractivity (Wildman–Crippen MR) is 78.2 cm³/mol. The van der Waals surface area contributed by atoms with Crippen molar-refractivity contribution < 1.29 is 9.84 Å². The average molecular weight is 262 g/mol. The molecule has 1 N–H and O–H groups in total. The summed E-state index contributed by atoms with van der Waals surface area (Å²) in [6.45, 7) is 4.86. The van der Waals surface area contributed by atoms with Crippen molar-refractivity contribution >= 4 is 0 Å². The summed E-state index contributed by atoms with van der Waals surface area (Å²) in [5.41, 5.74) is 2.26. The van der Waals surface area contributed by atoms with Gasteiger partial charge in [0.2, 0.25) is 0 Å². The SMILES string of the molecule is CCc1ccc(C(O)COC2CCC(C)CC2)cc1. The van der Waals surface area contributed by atoms with E-state index >= 15 is 0 Å². The zero-order valence-electron chi connectivity index (χ0n) is 12.1. The molecule has 0 aliphatic heterocycles. The van der Waals surface area contributed by atoms with Crippen molar-refractivity contribution in [2.45, 2.75) is 58.2 Å². The van der Waals surface area contributed by atoms with Gasteiger partial charge in [0.05, 0.1) is 12.7 Å². The Kier molecular flexibility index (Phi) is 5.41. The van der Waals surface area contributed by atoms with E-state index in [0.717, 1.165) is 30.7 Å². The van der Waals surface area contributed by atoms with E-state index in [1.807, 2.05) is 12.1 Å². The molecule has 19 heavy (non-hydrogen) atoms. The highest BCUT2D eigenvalue weighted by atomic mass is 16.5. The van der Waals surface area contributed by atoms with Gasteiger partial charge >= 0.3 is 0 Å². The zero-order chi connectivity index (χ0) is 13.7. The minimum absolute atomic E-state index is 0.348. The van der Waals surface area contributed by atoms with Gasteiger partial charge in [0.15, 0.2) is 0 Å². The Morgan fingerprint density at radius 1 is 1.16 bits per heavy atom. The molecule has 2 nitrogen and oxygen atoms in total. The van der Waals surface area contributed by atoms with E-state index in [2.05, 4.69) is 26.0 Å². The molecule has 0 heterocycles. The molecule has 1 aliphatic carbocycles. The van der Waals surface area contributed by atoms with Crippen molar-refractivity contribution in [3.05, 3.63) is 35.4 Å². The predicted octanol–water partition coefficient (Wildman–Crippen LogP) is 3.88. The summed E-state index contributed by atoms with van der Waals surface area (Å²) >= 11 is 0. The highest BCUT2D eigenvalue weighted by Gasteiger charge is 2.19. The maximum absolute atomic E-state index is 10.1. The second kappa shape index (κ2) is 7.06. The summed E-state index contributed by atoms with van der Waals surface area (Å²) < 4.78 is 5.85. The molecule has 0 spiro atoms. The van der Waals surface area contributed by atoms with Crippen molar-refractivity contribution in [3.8, 4) is 0 Å². The van der Waals surface area contributed by atoms with Crippen LogP contribution in [0.3, 0.4) is 0 Å². The van der Waals surface area contributed by atoms with Crippen molar-refractivity contribution in [2.75, 3.05) is 6.61 Å². The van der Waals surface area contributed by atoms with Gasteiger partial charge in [-0.2, -0.15) is 0 Å². The molecular formula is C17H26O2. The minimum Gasteiger partial charge on any atom is -0.386 e. The summed E-state index contributed by atoms with van der Waals surface area (Å²) in [5, 5.41) is 10.1. The van der Waals surface area contributed by atoms with Crippen LogP contribution in [0.15, 0.2) is 24.3 Å². The molecule has 0 bridgehead atoms. The smallest absolute Gasteiger partial charge is 0.102 e. The standard InChI is InChI=1S/C17H26O2/c1-3-14-6-8-15(9-7-14)17(18)12-19-16-10-4-13(2)5-11-16/h6-9,13,16-18H,3-5,10-12H2,1-2H3. The van der Waals surface area contributed by atoms with E-state index < -0.39 is 6.10 Å². The molecular weight excluding hydrogens is 236 g/mol. The van der Waals surface area contributed by atoms with Crippen LogP contribution in [-0.2, 0) is 11.2 Å². The van der Waals surface area contributed by atoms with Gasteiger partial charge in [0.1, 0.15) is 6.10 Å². The Hall–Kier alpha value is -0.860. The average Bonchev–Trinajstić information content (AvgIpc) is 2.46. The molecule has 0 saturated heterocycles. The van der Waals surface area contributed by atoms with Gasteiger partial charge in [0, 0.05) is 0 Å². The van der Waals surface area contributed by atoms with Gasteiger partial charge in [-0.15, -0.1) is 0 Å². The topological polar surface area (TPSA) is 29.5 Å². The minimum atomic E-state index is -0.495. The Bertz CT molecular complexity index is 363. The number of aryl methyl sites for hydroxylation is 1. The Morgan fingerprint density at radius 3 is 2.37 bits per heavy atom. The van der Waals surface area contributed by atoms with Crippen molar-refractivity contribution in [3.63, 3.8) is 0 Å². The van der Waals surface area contributed by atoms with Crippen molar-refractivity contribution in [1.82, 2.24) is 0 Å². The largest absolute Gasteiger partial charge is 0.386 e. The quantitative estimate of drug-likeness (QED) is 0.872. The summed E-state index contributed by atoms with van der Waals surface area (Å²) in [6.07, 6.45) is 5.68.